The van der Waals surface area contributed by atoms with Crippen molar-refractivity contribution >= 4 is 17.3 Å². The Morgan fingerprint density at radius 2 is 2.06 bits per heavy atom. The summed E-state index contributed by atoms with van der Waals surface area (Å²) in [7, 11) is 0. The summed E-state index contributed by atoms with van der Waals surface area (Å²) in [6, 6.07) is 7.87. The minimum atomic E-state index is -0.993. The molecule has 0 spiro atoms. The van der Waals surface area contributed by atoms with Crippen molar-refractivity contribution in [2.75, 3.05) is 6.54 Å². The summed E-state index contributed by atoms with van der Waals surface area (Å²) < 4.78 is 0. The van der Waals surface area contributed by atoms with Gasteiger partial charge in [-0.1, -0.05) is 29.8 Å². The molecule has 0 aliphatic carbocycles. The third kappa shape index (κ3) is 2.57. The molecular formula is C13H14N2O2S. The number of thiazole rings is 1. The highest BCUT2D eigenvalue weighted by molar-refractivity contribution is 7.15. The van der Waals surface area contributed by atoms with Crippen LogP contribution in [0.1, 0.15) is 20.9 Å². The van der Waals surface area contributed by atoms with Crippen molar-refractivity contribution in [3.05, 3.63) is 40.4 Å². The number of benzene rings is 1. The van der Waals surface area contributed by atoms with Gasteiger partial charge in [0.1, 0.15) is 5.01 Å². The summed E-state index contributed by atoms with van der Waals surface area (Å²) in [6.45, 7) is 2.43. The molecule has 1 aromatic carbocycles. The van der Waals surface area contributed by atoms with E-state index in [1.807, 2.05) is 31.2 Å². The highest BCUT2D eigenvalue weighted by Crippen LogP contribution is 2.28. The van der Waals surface area contributed by atoms with Crippen LogP contribution < -0.4 is 5.73 Å². The van der Waals surface area contributed by atoms with Gasteiger partial charge in [0.2, 0.25) is 0 Å². The van der Waals surface area contributed by atoms with Crippen molar-refractivity contribution < 1.29 is 9.90 Å². The van der Waals surface area contributed by atoms with E-state index in [-0.39, 0.29) is 5.69 Å². The number of aryl methyl sites for hydroxylation is 1. The molecule has 0 unspecified atom stereocenters. The normalized spacial score (nSPS) is 10.6. The van der Waals surface area contributed by atoms with Gasteiger partial charge in [0.25, 0.3) is 0 Å². The second kappa shape index (κ2) is 5.29. The van der Waals surface area contributed by atoms with Gasteiger partial charge in [0, 0.05) is 10.4 Å². The van der Waals surface area contributed by atoms with E-state index in [0.29, 0.717) is 13.0 Å². The number of hydrogen-bond acceptors (Lipinski definition) is 4. The molecule has 0 atom stereocenters. The van der Waals surface area contributed by atoms with Crippen LogP contribution in [0.3, 0.4) is 0 Å². The Morgan fingerprint density at radius 1 is 1.39 bits per heavy atom. The highest BCUT2D eigenvalue weighted by atomic mass is 32.1. The maximum absolute atomic E-state index is 11.1. The SMILES string of the molecule is Cc1ccc(-c2nc(C(=O)O)c(CCN)s2)cc1. The van der Waals surface area contributed by atoms with Gasteiger partial charge in [-0.15, -0.1) is 11.3 Å². The molecule has 2 rings (SSSR count). The zero-order valence-electron chi connectivity index (χ0n) is 10.0. The van der Waals surface area contributed by atoms with Crippen molar-refractivity contribution in [2.24, 2.45) is 5.73 Å². The number of aromatic carboxylic acids is 1. The van der Waals surface area contributed by atoms with Crippen LogP contribution in [0.25, 0.3) is 10.6 Å². The maximum atomic E-state index is 11.1. The standard InChI is InChI=1S/C13H14N2O2S/c1-8-2-4-9(5-3-8)12-15-11(13(16)17)10(18-12)6-7-14/h2-5H,6-7,14H2,1H3,(H,16,17). The van der Waals surface area contributed by atoms with E-state index in [2.05, 4.69) is 4.98 Å². The van der Waals surface area contributed by atoms with E-state index in [9.17, 15) is 4.79 Å². The number of carbonyl (C=O) groups is 1. The van der Waals surface area contributed by atoms with Crippen molar-refractivity contribution in [3.63, 3.8) is 0 Å². The van der Waals surface area contributed by atoms with Gasteiger partial charge in [-0.25, -0.2) is 9.78 Å². The van der Waals surface area contributed by atoms with Gasteiger partial charge in [-0.05, 0) is 19.9 Å². The third-order valence-corrected chi connectivity index (χ3v) is 3.73. The lowest BCUT2D eigenvalue weighted by molar-refractivity contribution is 0.0690. The number of carboxylic acids is 1. The fourth-order valence-corrected chi connectivity index (χ4v) is 2.71. The van der Waals surface area contributed by atoms with Crippen LogP contribution in [0.15, 0.2) is 24.3 Å². The smallest absolute Gasteiger partial charge is 0.355 e. The second-order valence-corrected chi connectivity index (χ2v) is 5.08. The van der Waals surface area contributed by atoms with E-state index >= 15 is 0 Å². The number of rotatable bonds is 4. The number of carboxylic acid groups (broad SMARTS) is 1. The first kappa shape index (κ1) is 12.7. The molecule has 0 saturated carbocycles. The lowest BCUT2D eigenvalue weighted by Crippen LogP contribution is -2.06. The van der Waals surface area contributed by atoms with Gasteiger partial charge in [0.15, 0.2) is 5.69 Å². The van der Waals surface area contributed by atoms with Gasteiger partial charge in [-0.3, -0.25) is 0 Å². The van der Waals surface area contributed by atoms with Crippen molar-refractivity contribution in [1.29, 1.82) is 0 Å². The molecule has 3 N–H and O–H groups in total. The van der Waals surface area contributed by atoms with Crippen LogP contribution in [-0.2, 0) is 6.42 Å². The molecule has 4 nitrogen and oxygen atoms in total. The maximum Gasteiger partial charge on any atom is 0.355 e. The first-order valence-corrected chi connectivity index (χ1v) is 6.43. The Bertz CT molecular complexity index is 561. The van der Waals surface area contributed by atoms with Gasteiger partial charge in [-0.2, -0.15) is 0 Å². The number of aromatic nitrogens is 1. The molecule has 0 bridgehead atoms. The largest absolute Gasteiger partial charge is 0.476 e. The van der Waals surface area contributed by atoms with Crippen molar-refractivity contribution in [2.45, 2.75) is 13.3 Å². The van der Waals surface area contributed by atoms with Crippen molar-refractivity contribution in [1.82, 2.24) is 4.98 Å². The van der Waals surface area contributed by atoms with E-state index in [4.69, 9.17) is 10.8 Å². The minimum absolute atomic E-state index is 0.126. The summed E-state index contributed by atoms with van der Waals surface area (Å²) >= 11 is 1.40. The monoisotopic (exact) mass is 262 g/mol. The Hall–Kier alpha value is -1.72. The number of nitrogens with two attached hydrogens (primary N) is 1. The molecule has 0 aliphatic rings. The van der Waals surface area contributed by atoms with Gasteiger partial charge < -0.3 is 10.8 Å². The molecule has 5 heteroatoms. The molecule has 1 aromatic heterocycles. The fraction of sp³-hybridized carbons (Fsp3) is 0.231. The van der Waals surface area contributed by atoms with Crippen LogP contribution in [0.2, 0.25) is 0 Å². The molecule has 94 valence electrons. The van der Waals surface area contributed by atoms with Crippen LogP contribution in [0, 0.1) is 6.92 Å². The Morgan fingerprint density at radius 3 is 2.61 bits per heavy atom. The second-order valence-electron chi connectivity index (χ2n) is 4.00. The zero-order valence-corrected chi connectivity index (χ0v) is 10.8. The highest BCUT2D eigenvalue weighted by Gasteiger charge is 2.17. The topological polar surface area (TPSA) is 76.2 Å². The number of hydrogen-bond donors (Lipinski definition) is 2. The third-order valence-electron chi connectivity index (χ3n) is 2.57. The predicted octanol–water partition coefficient (Wildman–Crippen LogP) is 2.32. The van der Waals surface area contributed by atoms with Crippen LogP contribution in [0.4, 0.5) is 0 Å². The fourth-order valence-electron chi connectivity index (χ4n) is 1.64. The predicted molar refractivity (Wildman–Crippen MR) is 72.0 cm³/mol. The molecule has 1 heterocycles. The van der Waals surface area contributed by atoms with E-state index in [1.54, 1.807) is 0 Å². The minimum Gasteiger partial charge on any atom is -0.476 e. The lowest BCUT2D eigenvalue weighted by atomic mass is 10.2. The molecule has 2 aromatic rings. The average molecular weight is 262 g/mol. The number of nitrogens with zero attached hydrogens (tertiary/aromatic N) is 1. The quantitative estimate of drug-likeness (QED) is 0.886. The Labute approximate surface area is 109 Å². The Balaban J connectivity index is 2.42. The molecule has 0 saturated heterocycles. The van der Waals surface area contributed by atoms with E-state index in [0.717, 1.165) is 21.0 Å². The molecule has 0 amide bonds. The molecular weight excluding hydrogens is 248 g/mol. The molecule has 0 aliphatic heterocycles. The molecule has 0 radical (unpaired) electrons. The van der Waals surface area contributed by atoms with Crippen LogP contribution >= 0.6 is 11.3 Å². The summed E-state index contributed by atoms with van der Waals surface area (Å²) in [5.41, 5.74) is 7.71. The van der Waals surface area contributed by atoms with Crippen LogP contribution in [0.5, 0.6) is 0 Å². The molecule has 0 fully saturated rings. The summed E-state index contributed by atoms with van der Waals surface area (Å²) in [5, 5.41) is 9.83. The van der Waals surface area contributed by atoms with Gasteiger partial charge >= 0.3 is 5.97 Å². The average Bonchev–Trinajstić information content (AvgIpc) is 2.75. The summed E-state index contributed by atoms with van der Waals surface area (Å²) in [5.74, 6) is -0.993. The summed E-state index contributed by atoms with van der Waals surface area (Å²) in [4.78, 5) is 16.0. The summed E-state index contributed by atoms with van der Waals surface area (Å²) in [6.07, 6.45) is 0.547. The van der Waals surface area contributed by atoms with Crippen molar-refractivity contribution in [3.8, 4) is 10.6 Å². The molecule has 18 heavy (non-hydrogen) atoms. The first-order chi connectivity index (χ1) is 8.61. The van der Waals surface area contributed by atoms with Crippen LogP contribution in [-0.4, -0.2) is 22.6 Å². The first-order valence-electron chi connectivity index (χ1n) is 5.62. The van der Waals surface area contributed by atoms with Gasteiger partial charge in [0.05, 0.1) is 0 Å². The zero-order chi connectivity index (χ0) is 13.1. The Kier molecular flexibility index (Phi) is 3.74. The lowest BCUT2D eigenvalue weighted by Gasteiger charge is -1.96. The van der Waals surface area contributed by atoms with E-state index in [1.165, 1.54) is 11.3 Å². The van der Waals surface area contributed by atoms with E-state index < -0.39 is 5.97 Å².